The first-order valence-electron chi connectivity index (χ1n) is 7.88. The van der Waals surface area contributed by atoms with Gasteiger partial charge in [-0.2, -0.15) is 4.31 Å². The van der Waals surface area contributed by atoms with Crippen molar-refractivity contribution in [1.29, 1.82) is 0 Å². The molecule has 8 heteroatoms. The minimum Gasteiger partial charge on any atom is -0.355 e. The summed E-state index contributed by atoms with van der Waals surface area (Å²) >= 11 is 0. The molecule has 2 atom stereocenters. The number of rotatable bonds is 8. The molecule has 0 spiro atoms. The van der Waals surface area contributed by atoms with Crippen LogP contribution in [0.3, 0.4) is 0 Å². The predicted octanol–water partition coefficient (Wildman–Crippen LogP) is 1.60. The van der Waals surface area contributed by atoms with Crippen LogP contribution in [0.25, 0.3) is 0 Å². The fraction of sp³-hybridized carbons (Fsp3) is 0.929. The Kier molecular flexibility index (Phi) is 5.11. The Balaban J connectivity index is 1.99. The molecule has 0 aromatic heterocycles. The molecule has 5 nitrogen and oxygen atoms in total. The molecule has 0 aromatic rings. The molecule has 2 unspecified atom stereocenters. The summed E-state index contributed by atoms with van der Waals surface area (Å²) in [6, 6.07) is 0. The Morgan fingerprint density at radius 1 is 1.23 bits per heavy atom. The van der Waals surface area contributed by atoms with Crippen LogP contribution in [0.2, 0.25) is 0 Å². The molecule has 128 valence electrons. The molecule has 2 aliphatic carbocycles. The number of carbonyl (C=O) groups excluding carboxylic acids is 1. The van der Waals surface area contributed by atoms with Crippen molar-refractivity contribution in [3.8, 4) is 0 Å². The summed E-state index contributed by atoms with van der Waals surface area (Å²) in [5.74, 6) is -4.60. The van der Waals surface area contributed by atoms with Gasteiger partial charge >= 0.3 is 0 Å². The zero-order valence-electron chi connectivity index (χ0n) is 13.0. The van der Waals surface area contributed by atoms with E-state index < -0.39 is 33.0 Å². The smallest absolute Gasteiger partial charge is 0.254 e. The molecule has 2 aliphatic rings. The summed E-state index contributed by atoms with van der Waals surface area (Å²) in [5, 5.41) is 1.88. The largest absolute Gasteiger partial charge is 0.355 e. The number of alkyl halides is 2. The highest BCUT2D eigenvalue weighted by Gasteiger charge is 2.73. The van der Waals surface area contributed by atoms with Gasteiger partial charge in [-0.05, 0) is 25.7 Å². The molecule has 2 saturated carbocycles. The molecular formula is C14H24F2N2O3S. The van der Waals surface area contributed by atoms with E-state index in [0.717, 1.165) is 10.7 Å². The van der Waals surface area contributed by atoms with Gasteiger partial charge in [0.2, 0.25) is 15.9 Å². The molecule has 0 aliphatic heterocycles. The highest BCUT2D eigenvalue weighted by atomic mass is 32.2. The fourth-order valence-electron chi connectivity index (χ4n) is 3.25. The van der Waals surface area contributed by atoms with Crippen molar-refractivity contribution in [3.63, 3.8) is 0 Å². The summed E-state index contributed by atoms with van der Waals surface area (Å²) < 4.78 is 52.8. The van der Waals surface area contributed by atoms with Crippen molar-refractivity contribution >= 4 is 15.9 Å². The van der Waals surface area contributed by atoms with Gasteiger partial charge in [0.25, 0.3) is 5.92 Å². The van der Waals surface area contributed by atoms with E-state index in [1.54, 1.807) is 0 Å². The van der Waals surface area contributed by atoms with Crippen molar-refractivity contribution in [2.45, 2.75) is 50.7 Å². The topological polar surface area (TPSA) is 66.5 Å². The Morgan fingerprint density at radius 2 is 1.82 bits per heavy atom. The number of halogens is 2. The number of nitrogens with zero attached hydrogens (tertiary/aromatic N) is 1. The summed E-state index contributed by atoms with van der Waals surface area (Å²) in [6.07, 6.45) is 1.37. The molecule has 0 radical (unpaired) electrons. The first-order valence-corrected chi connectivity index (χ1v) is 9.38. The van der Waals surface area contributed by atoms with E-state index in [0.29, 0.717) is 13.0 Å². The highest BCUT2D eigenvalue weighted by molar-refractivity contribution is 7.89. The SMILES string of the molecule is CCCNC(=O)CN(CCC)S(=O)(=O)C1CC2C(C1)C2(F)F. The molecule has 2 fully saturated rings. The van der Waals surface area contributed by atoms with Gasteiger partial charge in [-0.3, -0.25) is 4.79 Å². The van der Waals surface area contributed by atoms with Crippen LogP contribution in [-0.4, -0.2) is 49.4 Å². The Bertz CT molecular complexity index is 510. The van der Waals surface area contributed by atoms with Gasteiger partial charge < -0.3 is 5.32 Å². The third-order valence-corrected chi connectivity index (χ3v) is 6.80. The van der Waals surface area contributed by atoms with Crippen LogP contribution in [0.15, 0.2) is 0 Å². The standard InChI is InChI=1S/C14H24F2N2O3S/c1-3-5-17-13(19)9-18(6-4-2)22(20,21)10-7-11-12(8-10)14(11,15)16/h10-12H,3-9H2,1-2H3,(H,17,19). The first-order chi connectivity index (χ1) is 10.2. The number of nitrogens with one attached hydrogen (secondary N) is 1. The van der Waals surface area contributed by atoms with Crippen LogP contribution in [0.5, 0.6) is 0 Å². The van der Waals surface area contributed by atoms with Gasteiger partial charge in [0, 0.05) is 24.9 Å². The molecule has 1 amide bonds. The van der Waals surface area contributed by atoms with Crippen molar-refractivity contribution < 1.29 is 22.0 Å². The van der Waals surface area contributed by atoms with E-state index in [4.69, 9.17) is 0 Å². The third-order valence-electron chi connectivity index (χ3n) is 4.55. The minimum absolute atomic E-state index is 0.0107. The van der Waals surface area contributed by atoms with Gasteiger partial charge in [0.1, 0.15) is 0 Å². The summed E-state index contributed by atoms with van der Waals surface area (Å²) in [7, 11) is -3.70. The molecule has 22 heavy (non-hydrogen) atoms. The summed E-state index contributed by atoms with van der Waals surface area (Å²) in [4.78, 5) is 11.8. The lowest BCUT2D eigenvalue weighted by Gasteiger charge is -2.26. The van der Waals surface area contributed by atoms with Gasteiger partial charge in [0.15, 0.2) is 0 Å². The second kappa shape index (κ2) is 6.39. The molecule has 2 rings (SSSR count). The summed E-state index contributed by atoms with van der Waals surface area (Å²) in [6.45, 7) is 4.25. The molecule has 0 bridgehead atoms. The molecule has 0 aromatic carbocycles. The van der Waals surface area contributed by atoms with Crippen LogP contribution >= 0.6 is 0 Å². The van der Waals surface area contributed by atoms with Gasteiger partial charge in [-0.15, -0.1) is 0 Å². The Labute approximate surface area is 130 Å². The zero-order chi connectivity index (χ0) is 16.5. The predicted molar refractivity (Wildman–Crippen MR) is 79.0 cm³/mol. The van der Waals surface area contributed by atoms with E-state index >= 15 is 0 Å². The highest BCUT2D eigenvalue weighted by Crippen LogP contribution is 2.65. The lowest BCUT2D eigenvalue weighted by atomic mass is 10.2. The lowest BCUT2D eigenvalue weighted by molar-refractivity contribution is -0.121. The van der Waals surface area contributed by atoms with E-state index in [1.807, 2.05) is 13.8 Å². The zero-order valence-corrected chi connectivity index (χ0v) is 13.8. The van der Waals surface area contributed by atoms with Crippen LogP contribution in [0, 0.1) is 11.8 Å². The van der Waals surface area contributed by atoms with E-state index in [-0.39, 0.29) is 31.8 Å². The molecule has 0 saturated heterocycles. The number of sulfonamides is 1. The number of fused-ring (bicyclic) bond motifs is 1. The summed E-state index contributed by atoms with van der Waals surface area (Å²) in [5.41, 5.74) is 0. The fourth-order valence-corrected chi connectivity index (χ4v) is 5.30. The first kappa shape index (κ1) is 17.6. The normalized spacial score (nSPS) is 29.4. The Morgan fingerprint density at radius 3 is 2.32 bits per heavy atom. The maximum atomic E-state index is 13.2. The second-order valence-electron chi connectivity index (χ2n) is 6.21. The number of hydrogen-bond donors (Lipinski definition) is 1. The third kappa shape index (κ3) is 3.27. The number of carbonyl (C=O) groups is 1. The second-order valence-corrected chi connectivity index (χ2v) is 8.42. The maximum Gasteiger partial charge on any atom is 0.254 e. The van der Waals surface area contributed by atoms with Gasteiger partial charge in [-0.1, -0.05) is 13.8 Å². The van der Waals surface area contributed by atoms with Crippen molar-refractivity contribution in [2.75, 3.05) is 19.6 Å². The lowest BCUT2D eigenvalue weighted by Crippen LogP contribution is -2.45. The van der Waals surface area contributed by atoms with Crippen LogP contribution < -0.4 is 5.32 Å². The van der Waals surface area contributed by atoms with Crippen LogP contribution in [0.4, 0.5) is 8.78 Å². The number of hydrogen-bond acceptors (Lipinski definition) is 3. The van der Waals surface area contributed by atoms with Crippen molar-refractivity contribution in [3.05, 3.63) is 0 Å². The van der Waals surface area contributed by atoms with E-state index in [9.17, 15) is 22.0 Å². The number of amides is 1. The minimum atomic E-state index is -3.70. The quantitative estimate of drug-likeness (QED) is 0.731. The average Bonchev–Trinajstić information content (AvgIpc) is 2.83. The maximum absolute atomic E-state index is 13.2. The van der Waals surface area contributed by atoms with Gasteiger partial charge in [-0.25, -0.2) is 17.2 Å². The molecular weight excluding hydrogens is 314 g/mol. The van der Waals surface area contributed by atoms with E-state index in [1.165, 1.54) is 0 Å². The molecule has 0 heterocycles. The van der Waals surface area contributed by atoms with E-state index in [2.05, 4.69) is 5.32 Å². The van der Waals surface area contributed by atoms with Crippen LogP contribution in [0.1, 0.15) is 39.5 Å². The van der Waals surface area contributed by atoms with Gasteiger partial charge in [0.05, 0.1) is 11.8 Å². The van der Waals surface area contributed by atoms with Crippen molar-refractivity contribution in [1.82, 2.24) is 9.62 Å². The Hall–Kier alpha value is -0.760. The monoisotopic (exact) mass is 338 g/mol. The van der Waals surface area contributed by atoms with Crippen LogP contribution in [-0.2, 0) is 14.8 Å². The average molecular weight is 338 g/mol. The van der Waals surface area contributed by atoms with Crippen molar-refractivity contribution in [2.24, 2.45) is 11.8 Å². The molecule has 1 N–H and O–H groups in total.